The van der Waals surface area contributed by atoms with Crippen LogP contribution in [0.25, 0.3) is 22.6 Å². The minimum absolute atomic E-state index is 0.0862. The maximum atomic E-state index is 12.2. The zero-order chi connectivity index (χ0) is 24.2. The molecule has 4 rings (SSSR count). The van der Waals surface area contributed by atoms with E-state index in [1.54, 1.807) is 10.9 Å². The Labute approximate surface area is 184 Å². The first-order chi connectivity index (χ1) is 15.6. The van der Waals surface area contributed by atoms with Gasteiger partial charge in [-0.1, -0.05) is 12.1 Å². The molecule has 33 heavy (non-hydrogen) atoms. The van der Waals surface area contributed by atoms with E-state index in [2.05, 4.69) is 25.6 Å². The molecule has 0 unspecified atom stereocenters. The average Bonchev–Trinajstić information content (AvgIpc) is 3.47. The molecule has 14 heteroatoms. The van der Waals surface area contributed by atoms with Crippen LogP contribution in [-0.2, 0) is 29.7 Å². The Morgan fingerprint density at radius 1 is 1.15 bits per heavy atom. The lowest BCUT2D eigenvalue weighted by Gasteiger charge is -2.02. The summed E-state index contributed by atoms with van der Waals surface area (Å²) in [5, 5.41) is 22.5. The van der Waals surface area contributed by atoms with Gasteiger partial charge in [-0.15, -0.1) is 5.10 Å². The lowest BCUT2D eigenvalue weighted by Crippen LogP contribution is -2.21. The summed E-state index contributed by atoms with van der Waals surface area (Å²) < 4.78 is 35.3. The molecule has 0 radical (unpaired) electrons. The average molecular weight is 464 g/mol. The first-order valence-electron chi connectivity index (χ1n) is 9.54. The van der Waals surface area contributed by atoms with Crippen LogP contribution in [0.5, 0.6) is 0 Å². The van der Waals surface area contributed by atoms with E-state index in [4.69, 9.17) is 9.90 Å². The number of aliphatic carboxylic acids is 1. The van der Waals surface area contributed by atoms with E-state index in [9.17, 15) is 18.0 Å². The number of alkyl halides is 3. The minimum atomic E-state index is -5.08. The summed E-state index contributed by atoms with van der Waals surface area (Å²) in [5.74, 6) is -1.78. The lowest BCUT2D eigenvalue weighted by atomic mass is 10.3. The van der Waals surface area contributed by atoms with Gasteiger partial charge in [-0.2, -0.15) is 28.2 Å². The van der Waals surface area contributed by atoms with Gasteiger partial charge in [0.15, 0.2) is 11.6 Å². The third kappa shape index (κ3) is 5.72. The molecule has 0 saturated carbocycles. The number of carboxylic acids is 1. The fourth-order valence-corrected chi connectivity index (χ4v) is 2.78. The summed E-state index contributed by atoms with van der Waals surface area (Å²) in [6, 6.07) is 9.76. The van der Waals surface area contributed by atoms with Crippen LogP contribution in [-0.4, -0.2) is 57.5 Å². The van der Waals surface area contributed by atoms with Gasteiger partial charge >= 0.3 is 12.1 Å². The van der Waals surface area contributed by atoms with Crippen molar-refractivity contribution in [2.24, 2.45) is 7.05 Å². The number of aromatic nitrogens is 7. The highest BCUT2D eigenvalue weighted by Gasteiger charge is 2.38. The number of imidazole rings is 1. The molecule has 0 atom stereocenters. The maximum Gasteiger partial charge on any atom is 0.490 e. The highest BCUT2D eigenvalue weighted by molar-refractivity contribution is 5.89. The molecular weight excluding hydrogens is 445 g/mol. The number of carboxylic acid groups (broad SMARTS) is 1. The number of nitrogens with one attached hydrogen (secondary N) is 1. The van der Waals surface area contributed by atoms with Crippen molar-refractivity contribution in [1.82, 2.24) is 34.3 Å². The van der Waals surface area contributed by atoms with Gasteiger partial charge in [0.25, 0.3) is 0 Å². The number of nitrogens with zero attached hydrogens (tertiary/aromatic N) is 7. The standard InChI is InChI=1S/C17H18N8O.C2HF3O2/c1-3-25-18-10-15(22-25)20-16(26)11-24-9-8-13(21-24)17-19-12-6-4-5-7-14(12)23(17)2;3-2(4,5)1(6)7/h4-10H,3,11H2,1-2H3,(H,20,22,26);(H,6,7). The fraction of sp³-hybridized carbons (Fsp3) is 0.263. The highest BCUT2D eigenvalue weighted by Crippen LogP contribution is 2.22. The number of carbonyl (C=O) groups excluding carboxylic acids is 1. The number of aryl methyl sites for hydroxylation is 2. The van der Waals surface area contributed by atoms with Gasteiger partial charge in [-0.25, -0.2) is 9.78 Å². The zero-order valence-corrected chi connectivity index (χ0v) is 17.5. The van der Waals surface area contributed by atoms with Crippen molar-refractivity contribution in [2.75, 3.05) is 5.32 Å². The van der Waals surface area contributed by atoms with E-state index in [1.807, 2.05) is 48.9 Å². The van der Waals surface area contributed by atoms with Crippen LogP contribution in [0.1, 0.15) is 6.92 Å². The van der Waals surface area contributed by atoms with E-state index >= 15 is 0 Å². The van der Waals surface area contributed by atoms with Crippen molar-refractivity contribution in [3.8, 4) is 11.5 Å². The third-order valence-electron chi connectivity index (χ3n) is 4.29. The minimum Gasteiger partial charge on any atom is -0.475 e. The second kappa shape index (κ2) is 9.50. The summed E-state index contributed by atoms with van der Waals surface area (Å²) in [6.07, 6.45) is -1.80. The Morgan fingerprint density at radius 2 is 1.85 bits per heavy atom. The topological polar surface area (TPSA) is 133 Å². The number of benzene rings is 1. The SMILES string of the molecule is CCn1ncc(NC(=O)Cn2ccc(-c3nc4ccccc4n3C)n2)n1.O=C(O)C(F)(F)F. The molecule has 1 aromatic carbocycles. The third-order valence-corrected chi connectivity index (χ3v) is 4.29. The number of halogens is 3. The number of anilines is 1. The summed E-state index contributed by atoms with van der Waals surface area (Å²) in [6.45, 7) is 2.66. The largest absolute Gasteiger partial charge is 0.490 e. The molecule has 0 aliphatic rings. The van der Waals surface area contributed by atoms with Gasteiger partial charge in [-0.3, -0.25) is 9.48 Å². The molecule has 174 valence electrons. The summed E-state index contributed by atoms with van der Waals surface area (Å²) in [4.78, 5) is 27.2. The van der Waals surface area contributed by atoms with Crippen molar-refractivity contribution in [3.63, 3.8) is 0 Å². The number of hydrogen-bond donors (Lipinski definition) is 2. The van der Waals surface area contributed by atoms with Gasteiger partial charge < -0.3 is 15.0 Å². The van der Waals surface area contributed by atoms with Crippen LogP contribution in [0, 0.1) is 0 Å². The molecule has 3 aromatic heterocycles. The lowest BCUT2D eigenvalue weighted by molar-refractivity contribution is -0.192. The van der Waals surface area contributed by atoms with Crippen LogP contribution in [0.15, 0.2) is 42.7 Å². The summed E-state index contributed by atoms with van der Waals surface area (Å²) in [7, 11) is 1.95. The van der Waals surface area contributed by atoms with E-state index in [0.717, 1.165) is 16.9 Å². The van der Waals surface area contributed by atoms with Gasteiger partial charge in [0.05, 0.1) is 23.8 Å². The molecule has 0 bridgehead atoms. The van der Waals surface area contributed by atoms with Crippen molar-refractivity contribution >= 4 is 28.7 Å². The van der Waals surface area contributed by atoms with E-state index < -0.39 is 12.1 Å². The molecule has 11 nitrogen and oxygen atoms in total. The summed E-state index contributed by atoms with van der Waals surface area (Å²) >= 11 is 0. The normalized spacial score (nSPS) is 11.2. The van der Waals surface area contributed by atoms with Crippen LogP contribution >= 0.6 is 0 Å². The fourth-order valence-electron chi connectivity index (χ4n) is 2.78. The maximum absolute atomic E-state index is 12.2. The number of rotatable bonds is 5. The Balaban J connectivity index is 0.000000383. The first kappa shape index (κ1) is 23.4. The van der Waals surface area contributed by atoms with E-state index in [0.29, 0.717) is 18.1 Å². The van der Waals surface area contributed by atoms with Crippen molar-refractivity contribution in [1.29, 1.82) is 0 Å². The Hall–Kier alpha value is -4.23. The van der Waals surface area contributed by atoms with Crippen LogP contribution in [0.2, 0.25) is 0 Å². The van der Waals surface area contributed by atoms with Crippen LogP contribution < -0.4 is 5.32 Å². The first-order valence-corrected chi connectivity index (χ1v) is 9.54. The molecule has 0 aliphatic carbocycles. The highest BCUT2D eigenvalue weighted by atomic mass is 19.4. The van der Waals surface area contributed by atoms with E-state index in [-0.39, 0.29) is 12.5 Å². The molecule has 3 heterocycles. The number of amides is 1. The molecular formula is C19H19F3N8O3. The molecule has 1 amide bonds. The van der Waals surface area contributed by atoms with Gasteiger partial charge in [0.1, 0.15) is 12.2 Å². The number of fused-ring (bicyclic) bond motifs is 1. The quantitative estimate of drug-likeness (QED) is 0.463. The molecule has 0 aliphatic heterocycles. The Bertz CT molecular complexity index is 1270. The van der Waals surface area contributed by atoms with Gasteiger partial charge in [0, 0.05) is 13.2 Å². The van der Waals surface area contributed by atoms with Crippen molar-refractivity contribution in [3.05, 3.63) is 42.7 Å². The number of hydrogen-bond acceptors (Lipinski definition) is 6. The predicted octanol–water partition coefficient (Wildman–Crippen LogP) is 2.32. The Morgan fingerprint density at radius 3 is 2.45 bits per heavy atom. The van der Waals surface area contributed by atoms with Gasteiger partial charge in [0.2, 0.25) is 5.91 Å². The molecule has 2 N–H and O–H groups in total. The van der Waals surface area contributed by atoms with E-state index in [1.165, 1.54) is 11.0 Å². The van der Waals surface area contributed by atoms with Crippen LogP contribution in [0.3, 0.4) is 0 Å². The van der Waals surface area contributed by atoms with Crippen LogP contribution in [0.4, 0.5) is 19.0 Å². The van der Waals surface area contributed by atoms with Crippen molar-refractivity contribution < 1.29 is 27.9 Å². The second-order valence-corrected chi connectivity index (χ2v) is 6.65. The molecule has 0 fully saturated rings. The number of para-hydroxylation sites is 2. The predicted molar refractivity (Wildman–Crippen MR) is 110 cm³/mol. The monoisotopic (exact) mass is 464 g/mol. The zero-order valence-electron chi connectivity index (χ0n) is 17.5. The van der Waals surface area contributed by atoms with Gasteiger partial charge in [-0.05, 0) is 25.1 Å². The second-order valence-electron chi connectivity index (χ2n) is 6.65. The molecule has 0 spiro atoms. The molecule has 0 saturated heterocycles. The Kier molecular flexibility index (Phi) is 6.75. The number of carbonyl (C=O) groups is 2. The van der Waals surface area contributed by atoms with Crippen molar-refractivity contribution in [2.45, 2.75) is 26.2 Å². The smallest absolute Gasteiger partial charge is 0.475 e. The molecule has 4 aromatic rings. The summed E-state index contributed by atoms with van der Waals surface area (Å²) in [5.41, 5.74) is 2.67.